The third-order valence-electron chi connectivity index (χ3n) is 4.38. The highest BCUT2D eigenvalue weighted by Crippen LogP contribution is 2.40. The molecule has 2 heterocycles. The second kappa shape index (κ2) is 8.92. The Morgan fingerprint density at radius 2 is 1.93 bits per heavy atom. The normalized spacial score (nSPS) is 16.6. The smallest absolute Gasteiger partial charge is 0.320 e. The number of benzene rings is 1. The van der Waals surface area contributed by atoms with Crippen LogP contribution in [-0.2, 0) is 11.3 Å². The standard InChI is InChI=1S/C17H21N3O6.ClH/c1-23-12-7-10(8-13(24-2)15(12)25-3)16-18-14(26-19-16)9-20-6-4-5-11(20)17(21)22;/h7-8,11H,4-6,9H2,1-3H3,(H,21,22);1H/t11-;/m0./s1. The van der Waals surface area contributed by atoms with E-state index in [1.54, 1.807) is 12.1 Å². The van der Waals surface area contributed by atoms with Crippen molar-refractivity contribution in [1.82, 2.24) is 15.0 Å². The second-order valence-corrected chi connectivity index (χ2v) is 5.89. The topological polar surface area (TPSA) is 107 Å². The number of methoxy groups -OCH3 is 3. The van der Waals surface area contributed by atoms with E-state index in [9.17, 15) is 9.90 Å². The van der Waals surface area contributed by atoms with Crippen LogP contribution in [0.3, 0.4) is 0 Å². The van der Waals surface area contributed by atoms with Gasteiger partial charge in [-0.05, 0) is 31.5 Å². The molecule has 10 heteroatoms. The third-order valence-corrected chi connectivity index (χ3v) is 4.38. The number of aliphatic carboxylic acids is 1. The lowest BCUT2D eigenvalue weighted by atomic mass is 10.1. The number of ether oxygens (including phenoxy) is 3. The average Bonchev–Trinajstić information content (AvgIpc) is 3.30. The summed E-state index contributed by atoms with van der Waals surface area (Å²) in [5.74, 6) is 1.35. The van der Waals surface area contributed by atoms with E-state index in [-0.39, 0.29) is 12.4 Å². The predicted molar refractivity (Wildman–Crippen MR) is 97.7 cm³/mol. The van der Waals surface area contributed by atoms with Crippen molar-refractivity contribution in [2.45, 2.75) is 25.4 Å². The van der Waals surface area contributed by atoms with Gasteiger partial charge in [-0.25, -0.2) is 0 Å². The molecule has 0 saturated carbocycles. The molecular formula is C17H22ClN3O6. The first-order valence-electron chi connectivity index (χ1n) is 8.17. The van der Waals surface area contributed by atoms with Gasteiger partial charge < -0.3 is 23.8 Å². The molecule has 1 aliphatic rings. The molecule has 1 aromatic heterocycles. The largest absolute Gasteiger partial charge is 0.493 e. The van der Waals surface area contributed by atoms with Crippen LogP contribution in [0, 0.1) is 0 Å². The van der Waals surface area contributed by atoms with Crippen LogP contribution in [0.2, 0.25) is 0 Å². The Kier molecular flexibility index (Phi) is 6.86. The maximum Gasteiger partial charge on any atom is 0.320 e. The summed E-state index contributed by atoms with van der Waals surface area (Å²) in [4.78, 5) is 17.5. The zero-order chi connectivity index (χ0) is 18.7. The van der Waals surface area contributed by atoms with E-state index < -0.39 is 12.0 Å². The lowest BCUT2D eigenvalue weighted by Gasteiger charge is -2.18. The fourth-order valence-electron chi connectivity index (χ4n) is 3.12. The average molecular weight is 400 g/mol. The maximum absolute atomic E-state index is 11.3. The van der Waals surface area contributed by atoms with Crippen molar-refractivity contribution >= 4 is 18.4 Å². The van der Waals surface area contributed by atoms with Crippen molar-refractivity contribution in [3.63, 3.8) is 0 Å². The molecule has 3 rings (SSSR count). The molecule has 148 valence electrons. The fourth-order valence-corrected chi connectivity index (χ4v) is 3.12. The molecule has 1 N–H and O–H groups in total. The van der Waals surface area contributed by atoms with Crippen LogP contribution in [0.1, 0.15) is 18.7 Å². The van der Waals surface area contributed by atoms with Gasteiger partial charge in [-0.3, -0.25) is 9.69 Å². The Bertz CT molecular complexity index is 772. The van der Waals surface area contributed by atoms with Gasteiger partial charge >= 0.3 is 5.97 Å². The summed E-state index contributed by atoms with van der Waals surface area (Å²) >= 11 is 0. The zero-order valence-electron chi connectivity index (χ0n) is 15.3. The minimum absolute atomic E-state index is 0. The molecule has 1 atom stereocenters. The number of rotatable bonds is 7. The third kappa shape index (κ3) is 4.25. The van der Waals surface area contributed by atoms with Crippen molar-refractivity contribution < 1.29 is 28.6 Å². The Hall–Kier alpha value is -2.52. The SMILES string of the molecule is COc1cc(-c2noc(CN3CCC[C@H]3C(=O)O)n2)cc(OC)c1OC.Cl. The van der Waals surface area contributed by atoms with Crippen LogP contribution in [0.25, 0.3) is 11.4 Å². The summed E-state index contributed by atoms with van der Waals surface area (Å²) in [5.41, 5.74) is 0.644. The summed E-state index contributed by atoms with van der Waals surface area (Å²) < 4.78 is 21.3. The Morgan fingerprint density at radius 1 is 1.26 bits per heavy atom. The molecule has 2 aromatic rings. The Labute approximate surface area is 162 Å². The van der Waals surface area contributed by atoms with E-state index in [4.69, 9.17) is 18.7 Å². The number of hydrogen-bond acceptors (Lipinski definition) is 8. The first-order valence-corrected chi connectivity index (χ1v) is 8.17. The molecule has 0 bridgehead atoms. The minimum atomic E-state index is -0.827. The number of likely N-dealkylation sites (tertiary alicyclic amines) is 1. The molecule has 0 spiro atoms. The van der Waals surface area contributed by atoms with Crippen LogP contribution in [-0.4, -0.2) is 60.0 Å². The number of aromatic nitrogens is 2. The van der Waals surface area contributed by atoms with E-state index in [1.165, 1.54) is 21.3 Å². The minimum Gasteiger partial charge on any atom is -0.493 e. The van der Waals surface area contributed by atoms with Gasteiger partial charge in [-0.15, -0.1) is 12.4 Å². The van der Waals surface area contributed by atoms with Crippen molar-refractivity contribution in [2.75, 3.05) is 27.9 Å². The van der Waals surface area contributed by atoms with Crippen molar-refractivity contribution in [2.24, 2.45) is 0 Å². The predicted octanol–water partition coefficient (Wildman–Crippen LogP) is 2.23. The van der Waals surface area contributed by atoms with Crippen molar-refractivity contribution in [3.8, 4) is 28.6 Å². The van der Waals surface area contributed by atoms with E-state index >= 15 is 0 Å². The summed E-state index contributed by atoms with van der Waals surface area (Å²) in [6, 6.07) is 2.95. The summed E-state index contributed by atoms with van der Waals surface area (Å²) in [6.07, 6.45) is 1.47. The number of carbonyl (C=O) groups is 1. The second-order valence-electron chi connectivity index (χ2n) is 5.89. The Balaban J connectivity index is 0.00000261. The summed E-state index contributed by atoms with van der Waals surface area (Å²) in [5, 5.41) is 13.3. The molecule has 9 nitrogen and oxygen atoms in total. The van der Waals surface area contributed by atoms with E-state index in [0.717, 1.165) is 6.42 Å². The van der Waals surface area contributed by atoms with Gasteiger partial charge in [-0.2, -0.15) is 4.98 Å². The maximum atomic E-state index is 11.3. The number of hydrogen-bond donors (Lipinski definition) is 1. The van der Waals surface area contributed by atoms with Gasteiger partial charge in [0.15, 0.2) is 11.5 Å². The van der Waals surface area contributed by atoms with Crippen molar-refractivity contribution in [1.29, 1.82) is 0 Å². The van der Waals surface area contributed by atoms with Crippen LogP contribution in [0.15, 0.2) is 16.7 Å². The molecule has 0 radical (unpaired) electrons. The monoisotopic (exact) mass is 399 g/mol. The molecular weight excluding hydrogens is 378 g/mol. The van der Waals surface area contributed by atoms with Crippen LogP contribution in [0.5, 0.6) is 17.2 Å². The van der Waals surface area contributed by atoms with E-state index in [1.807, 2.05) is 4.90 Å². The lowest BCUT2D eigenvalue weighted by molar-refractivity contribution is -0.142. The van der Waals surface area contributed by atoms with Crippen LogP contribution >= 0.6 is 12.4 Å². The molecule has 1 fully saturated rings. The van der Waals surface area contributed by atoms with Gasteiger partial charge in [0.2, 0.25) is 17.5 Å². The summed E-state index contributed by atoms with van der Waals surface area (Å²) in [7, 11) is 4.59. The highest BCUT2D eigenvalue weighted by atomic mass is 35.5. The van der Waals surface area contributed by atoms with Crippen LogP contribution < -0.4 is 14.2 Å². The van der Waals surface area contributed by atoms with Crippen LogP contribution in [0.4, 0.5) is 0 Å². The molecule has 1 aliphatic heterocycles. The molecule has 0 unspecified atom stereocenters. The number of halogens is 1. The molecule has 1 aromatic carbocycles. The fraction of sp³-hybridized carbons (Fsp3) is 0.471. The molecule has 1 saturated heterocycles. The Morgan fingerprint density at radius 3 is 2.48 bits per heavy atom. The number of nitrogens with zero attached hydrogens (tertiary/aromatic N) is 3. The molecule has 0 aliphatic carbocycles. The molecule has 27 heavy (non-hydrogen) atoms. The van der Waals surface area contributed by atoms with E-state index in [2.05, 4.69) is 10.1 Å². The van der Waals surface area contributed by atoms with Crippen molar-refractivity contribution in [3.05, 3.63) is 18.0 Å². The lowest BCUT2D eigenvalue weighted by Crippen LogP contribution is -2.35. The first-order chi connectivity index (χ1) is 12.6. The highest BCUT2D eigenvalue weighted by molar-refractivity contribution is 5.85. The van der Waals surface area contributed by atoms with Gasteiger partial charge in [0, 0.05) is 5.56 Å². The van der Waals surface area contributed by atoms with Gasteiger partial charge in [0.25, 0.3) is 0 Å². The quantitative estimate of drug-likeness (QED) is 0.749. The summed E-state index contributed by atoms with van der Waals surface area (Å²) in [6.45, 7) is 0.993. The number of carboxylic acid groups (broad SMARTS) is 1. The van der Waals surface area contributed by atoms with Gasteiger partial charge in [0.1, 0.15) is 6.04 Å². The van der Waals surface area contributed by atoms with E-state index in [0.29, 0.717) is 54.0 Å². The zero-order valence-corrected chi connectivity index (χ0v) is 16.1. The van der Waals surface area contributed by atoms with Gasteiger partial charge in [0.05, 0.1) is 27.9 Å². The number of carboxylic acids is 1. The van der Waals surface area contributed by atoms with Gasteiger partial charge in [-0.1, -0.05) is 5.16 Å². The molecule has 0 amide bonds. The first kappa shape index (κ1) is 20.8. The highest BCUT2D eigenvalue weighted by Gasteiger charge is 2.31.